The zero-order chi connectivity index (χ0) is 14.9. The van der Waals surface area contributed by atoms with Gasteiger partial charge in [0.25, 0.3) is 0 Å². The number of hydrogen-bond acceptors (Lipinski definition) is 5. The van der Waals surface area contributed by atoms with E-state index in [-0.39, 0.29) is 10.6 Å². The Bertz CT molecular complexity index is 593. The van der Waals surface area contributed by atoms with Gasteiger partial charge in [0.2, 0.25) is 10.0 Å². The second-order valence-electron chi connectivity index (χ2n) is 4.61. The van der Waals surface area contributed by atoms with E-state index in [1.807, 2.05) is 0 Å². The smallest absolute Gasteiger partial charge is 0.246 e. The maximum atomic E-state index is 12.6. The molecule has 6 nitrogen and oxygen atoms in total. The molecule has 20 heavy (non-hydrogen) atoms. The quantitative estimate of drug-likeness (QED) is 0.834. The largest absolute Gasteiger partial charge is 0.495 e. The van der Waals surface area contributed by atoms with Gasteiger partial charge in [-0.05, 0) is 12.1 Å². The van der Waals surface area contributed by atoms with Gasteiger partial charge in [-0.25, -0.2) is 8.42 Å². The van der Waals surface area contributed by atoms with Crippen LogP contribution in [-0.4, -0.2) is 57.2 Å². The maximum absolute atomic E-state index is 12.6. The molecule has 0 spiro atoms. The van der Waals surface area contributed by atoms with E-state index in [0.29, 0.717) is 18.1 Å². The lowest BCUT2D eigenvalue weighted by Crippen LogP contribution is -2.44. The molecule has 0 bridgehead atoms. The van der Waals surface area contributed by atoms with Gasteiger partial charge >= 0.3 is 0 Å². The van der Waals surface area contributed by atoms with E-state index in [2.05, 4.69) is 5.32 Å². The van der Waals surface area contributed by atoms with E-state index in [0.717, 1.165) is 0 Å². The monoisotopic (exact) mass is 320 g/mol. The molecular formula is C12H17ClN2O4S. The Balaban J connectivity index is 2.39. The van der Waals surface area contributed by atoms with Gasteiger partial charge in [-0.2, -0.15) is 4.31 Å². The first kappa shape index (κ1) is 15.5. The van der Waals surface area contributed by atoms with Crippen molar-refractivity contribution in [1.29, 1.82) is 0 Å². The van der Waals surface area contributed by atoms with Crippen LogP contribution in [0.1, 0.15) is 0 Å². The van der Waals surface area contributed by atoms with Crippen LogP contribution in [0.25, 0.3) is 0 Å². The molecule has 1 aliphatic heterocycles. The molecule has 112 valence electrons. The van der Waals surface area contributed by atoms with Gasteiger partial charge < -0.3 is 15.2 Å². The number of hydrogen-bond donors (Lipinski definition) is 2. The molecule has 1 heterocycles. The van der Waals surface area contributed by atoms with Crippen LogP contribution in [0.15, 0.2) is 23.1 Å². The predicted octanol–water partition coefficient (Wildman–Crippen LogP) is 0.302. The highest BCUT2D eigenvalue weighted by Gasteiger charge is 2.36. The summed E-state index contributed by atoms with van der Waals surface area (Å²) in [5.41, 5.74) is 0. The minimum Gasteiger partial charge on any atom is -0.495 e. The van der Waals surface area contributed by atoms with Crippen LogP contribution in [0.3, 0.4) is 0 Å². The third-order valence-corrected chi connectivity index (χ3v) is 5.56. The summed E-state index contributed by atoms with van der Waals surface area (Å²) in [7, 11) is -0.931. The molecule has 2 atom stereocenters. The third-order valence-electron chi connectivity index (χ3n) is 3.40. The van der Waals surface area contributed by atoms with Gasteiger partial charge in [0.1, 0.15) is 10.6 Å². The number of sulfonamides is 1. The fourth-order valence-electron chi connectivity index (χ4n) is 2.21. The fraction of sp³-hybridized carbons (Fsp3) is 0.500. The molecule has 1 saturated heterocycles. The highest BCUT2D eigenvalue weighted by Crippen LogP contribution is 2.30. The molecule has 1 aromatic carbocycles. The molecule has 0 aromatic heterocycles. The van der Waals surface area contributed by atoms with Crippen LogP contribution in [-0.2, 0) is 10.0 Å². The average molecular weight is 321 g/mol. The predicted molar refractivity (Wildman–Crippen MR) is 75.6 cm³/mol. The van der Waals surface area contributed by atoms with E-state index < -0.39 is 22.2 Å². The molecule has 0 aliphatic carbocycles. The standard InChI is InChI=1S/C12H17ClN2O4S/c1-15(9-6-14-7-10(9)16)20(17,18)12-4-3-8(13)5-11(12)19-2/h3-5,9-10,14,16H,6-7H2,1-2H3/t9-,10-/m1/s1. The molecule has 1 aromatic rings. The number of likely N-dealkylation sites (N-methyl/N-ethyl adjacent to an activating group) is 1. The van der Waals surface area contributed by atoms with Crippen LogP contribution in [0.4, 0.5) is 0 Å². The Morgan fingerprint density at radius 2 is 2.15 bits per heavy atom. The van der Waals surface area contributed by atoms with Crippen molar-refractivity contribution in [3.05, 3.63) is 23.2 Å². The topological polar surface area (TPSA) is 78.9 Å². The second-order valence-corrected chi connectivity index (χ2v) is 7.01. The number of β-amino-alcohol motifs (C(OH)–C–C–N with tert-alkyl or cyclic N) is 1. The zero-order valence-electron chi connectivity index (χ0n) is 11.2. The average Bonchev–Trinajstić information content (AvgIpc) is 2.83. The molecule has 1 aliphatic rings. The van der Waals surface area contributed by atoms with Crippen molar-refractivity contribution >= 4 is 21.6 Å². The van der Waals surface area contributed by atoms with E-state index in [4.69, 9.17) is 16.3 Å². The van der Waals surface area contributed by atoms with Gasteiger partial charge in [-0.15, -0.1) is 0 Å². The summed E-state index contributed by atoms with van der Waals surface area (Å²) in [4.78, 5) is 0.0333. The first-order valence-electron chi connectivity index (χ1n) is 6.08. The van der Waals surface area contributed by atoms with Crippen molar-refractivity contribution in [3.63, 3.8) is 0 Å². The van der Waals surface area contributed by atoms with Gasteiger partial charge in [0.15, 0.2) is 0 Å². The Morgan fingerprint density at radius 1 is 1.45 bits per heavy atom. The lowest BCUT2D eigenvalue weighted by atomic mass is 10.2. The number of aliphatic hydroxyl groups is 1. The second kappa shape index (κ2) is 5.87. The van der Waals surface area contributed by atoms with Gasteiger partial charge in [-0.1, -0.05) is 11.6 Å². The Kier molecular flexibility index (Phi) is 4.55. The third kappa shape index (κ3) is 2.77. The Labute approximate surface area is 123 Å². The van der Waals surface area contributed by atoms with E-state index >= 15 is 0 Å². The zero-order valence-corrected chi connectivity index (χ0v) is 12.8. The van der Waals surface area contributed by atoms with Gasteiger partial charge in [-0.3, -0.25) is 0 Å². The summed E-state index contributed by atoms with van der Waals surface area (Å²) in [6.07, 6.45) is -0.729. The molecular weight excluding hydrogens is 304 g/mol. The summed E-state index contributed by atoms with van der Waals surface area (Å²) in [5, 5.41) is 13.2. The fourth-order valence-corrected chi connectivity index (χ4v) is 3.89. The summed E-state index contributed by atoms with van der Waals surface area (Å²) < 4.78 is 31.5. The first-order chi connectivity index (χ1) is 9.37. The van der Waals surface area contributed by atoms with Crippen LogP contribution in [0, 0.1) is 0 Å². The van der Waals surface area contributed by atoms with Gasteiger partial charge in [0, 0.05) is 31.2 Å². The highest BCUT2D eigenvalue weighted by molar-refractivity contribution is 7.89. The Morgan fingerprint density at radius 3 is 2.70 bits per heavy atom. The summed E-state index contributed by atoms with van der Waals surface area (Å²) in [6, 6.07) is 3.85. The normalized spacial score (nSPS) is 23.2. The minimum atomic E-state index is -3.77. The number of ether oxygens (including phenoxy) is 1. The molecule has 0 radical (unpaired) electrons. The number of nitrogens with zero attached hydrogens (tertiary/aromatic N) is 1. The van der Waals surface area contributed by atoms with Gasteiger partial charge in [0.05, 0.1) is 19.3 Å². The molecule has 2 rings (SSSR count). The number of rotatable bonds is 4. The van der Waals surface area contributed by atoms with Crippen molar-refractivity contribution in [2.75, 3.05) is 27.2 Å². The SMILES string of the molecule is COc1cc(Cl)ccc1S(=O)(=O)N(C)[C@@H]1CNC[C@H]1O. The number of methoxy groups -OCH3 is 1. The molecule has 0 amide bonds. The Hall–Kier alpha value is -0.860. The summed E-state index contributed by atoms with van der Waals surface area (Å²) in [5.74, 6) is 0.185. The maximum Gasteiger partial charge on any atom is 0.246 e. The van der Waals surface area contributed by atoms with Crippen molar-refractivity contribution in [3.8, 4) is 5.75 Å². The summed E-state index contributed by atoms with van der Waals surface area (Å²) in [6.45, 7) is 0.787. The van der Waals surface area contributed by atoms with E-state index in [1.165, 1.54) is 36.7 Å². The number of aliphatic hydroxyl groups excluding tert-OH is 1. The highest BCUT2D eigenvalue weighted by atomic mass is 35.5. The van der Waals surface area contributed by atoms with Crippen molar-refractivity contribution in [1.82, 2.24) is 9.62 Å². The number of benzene rings is 1. The molecule has 8 heteroatoms. The van der Waals surface area contributed by atoms with Crippen molar-refractivity contribution < 1.29 is 18.3 Å². The molecule has 2 N–H and O–H groups in total. The minimum absolute atomic E-state index is 0.0333. The van der Waals surface area contributed by atoms with Crippen LogP contribution >= 0.6 is 11.6 Å². The van der Waals surface area contributed by atoms with Crippen molar-refractivity contribution in [2.45, 2.75) is 17.0 Å². The summed E-state index contributed by atoms with van der Waals surface area (Å²) >= 11 is 5.84. The lowest BCUT2D eigenvalue weighted by Gasteiger charge is -2.26. The first-order valence-corrected chi connectivity index (χ1v) is 7.90. The molecule has 0 unspecified atom stereocenters. The van der Waals surface area contributed by atoms with Crippen LogP contribution in [0.2, 0.25) is 5.02 Å². The molecule has 0 saturated carbocycles. The number of nitrogens with one attached hydrogen (secondary N) is 1. The lowest BCUT2D eigenvalue weighted by molar-refractivity contribution is 0.136. The van der Waals surface area contributed by atoms with Crippen molar-refractivity contribution in [2.24, 2.45) is 0 Å². The van der Waals surface area contributed by atoms with E-state index in [1.54, 1.807) is 0 Å². The molecule has 1 fully saturated rings. The van der Waals surface area contributed by atoms with Crippen LogP contribution in [0.5, 0.6) is 5.75 Å². The van der Waals surface area contributed by atoms with Crippen LogP contribution < -0.4 is 10.1 Å². The number of halogens is 1. The van der Waals surface area contributed by atoms with E-state index in [9.17, 15) is 13.5 Å².